The van der Waals surface area contributed by atoms with Crippen molar-refractivity contribution in [3.05, 3.63) is 65.2 Å². The summed E-state index contributed by atoms with van der Waals surface area (Å²) >= 11 is 0. The normalized spacial score (nSPS) is 17.1. The summed E-state index contributed by atoms with van der Waals surface area (Å²) in [6, 6.07) is 14.3. The first kappa shape index (κ1) is 14.1. The topological polar surface area (TPSA) is 66.8 Å². The lowest BCUT2D eigenvalue weighted by Gasteiger charge is -2.20. The summed E-state index contributed by atoms with van der Waals surface area (Å²) in [5, 5.41) is 9.12. The van der Waals surface area contributed by atoms with E-state index in [-0.39, 0.29) is 11.7 Å². The Labute approximate surface area is 127 Å². The number of carbonyl (C=O) groups is 2. The Morgan fingerprint density at radius 2 is 2.00 bits per heavy atom. The van der Waals surface area contributed by atoms with E-state index in [2.05, 4.69) is 0 Å². The third-order valence-corrected chi connectivity index (χ3v) is 3.68. The summed E-state index contributed by atoms with van der Waals surface area (Å²) in [6.45, 7) is 0.826. The first-order valence-electron chi connectivity index (χ1n) is 6.94. The molecule has 1 N–H and O–H groups in total. The van der Waals surface area contributed by atoms with Crippen molar-refractivity contribution in [2.75, 3.05) is 6.54 Å². The van der Waals surface area contributed by atoms with Crippen LogP contribution in [0.2, 0.25) is 0 Å². The first-order valence-corrected chi connectivity index (χ1v) is 6.94. The van der Waals surface area contributed by atoms with Gasteiger partial charge in [0.25, 0.3) is 0 Å². The van der Waals surface area contributed by atoms with Crippen LogP contribution in [0.25, 0.3) is 0 Å². The predicted octanol–water partition coefficient (Wildman–Crippen LogP) is 2.48. The van der Waals surface area contributed by atoms with Crippen LogP contribution in [-0.2, 0) is 11.3 Å². The lowest BCUT2D eigenvalue weighted by molar-refractivity contribution is -0.119. The highest BCUT2D eigenvalue weighted by Gasteiger charge is 2.24. The minimum Gasteiger partial charge on any atom is -0.483 e. The highest BCUT2D eigenvalue weighted by Crippen LogP contribution is 2.31. The summed E-state index contributed by atoms with van der Waals surface area (Å²) in [4.78, 5) is 24.0. The smallest absolute Gasteiger partial charge is 0.335 e. The van der Waals surface area contributed by atoms with Crippen molar-refractivity contribution >= 4 is 12.4 Å². The SMILES string of the molecule is O=CN1Cc2ccc(C(=O)O)cc2O[C@H](c2ccccc2)C1. The number of fused-ring (bicyclic) bond motifs is 1. The van der Waals surface area contributed by atoms with Crippen LogP contribution < -0.4 is 4.74 Å². The van der Waals surface area contributed by atoms with Crippen LogP contribution in [0.5, 0.6) is 5.75 Å². The predicted molar refractivity (Wildman–Crippen MR) is 79.7 cm³/mol. The van der Waals surface area contributed by atoms with Gasteiger partial charge in [0.2, 0.25) is 6.41 Å². The number of benzene rings is 2. The number of hydrogen-bond donors (Lipinski definition) is 1. The molecule has 5 nitrogen and oxygen atoms in total. The van der Waals surface area contributed by atoms with Crippen molar-refractivity contribution in [3.8, 4) is 5.75 Å². The number of amides is 1. The third-order valence-electron chi connectivity index (χ3n) is 3.68. The maximum Gasteiger partial charge on any atom is 0.335 e. The molecule has 5 heteroatoms. The molecule has 1 aliphatic heterocycles. The highest BCUT2D eigenvalue weighted by atomic mass is 16.5. The molecule has 0 aliphatic carbocycles. The molecule has 0 spiro atoms. The minimum absolute atomic E-state index is 0.171. The average molecular weight is 297 g/mol. The van der Waals surface area contributed by atoms with E-state index in [4.69, 9.17) is 9.84 Å². The van der Waals surface area contributed by atoms with Gasteiger partial charge in [-0.3, -0.25) is 4.79 Å². The molecule has 22 heavy (non-hydrogen) atoms. The summed E-state index contributed by atoms with van der Waals surface area (Å²) < 4.78 is 6.00. The zero-order chi connectivity index (χ0) is 15.5. The molecule has 0 aromatic heterocycles. The zero-order valence-corrected chi connectivity index (χ0v) is 11.8. The Morgan fingerprint density at radius 3 is 2.68 bits per heavy atom. The van der Waals surface area contributed by atoms with Crippen molar-refractivity contribution in [1.82, 2.24) is 4.90 Å². The second kappa shape index (κ2) is 5.89. The van der Waals surface area contributed by atoms with Crippen LogP contribution in [0.3, 0.4) is 0 Å². The molecule has 0 saturated carbocycles. The van der Waals surface area contributed by atoms with Crippen LogP contribution in [-0.4, -0.2) is 28.9 Å². The van der Waals surface area contributed by atoms with Gasteiger partial charge in [0.15, 0.2) is 0 Å². The number of aromatic carboxylic acids is 1. The Balaban J connectivity index is 2.00. The van der Waals surface area contributed by atoms with Crippen LogP contribution in [0, 0.1) is 0 Å². The van der Waals surface area contributed by atoms with Gasteiger partial charge >= 0.3 is 5.97 Å². The lowest BCUT2D eigenvalue weighted by Crippen LogP contribution is -2.26. The second-order valence-electron chi connectivity index (χ2n) is 5.18. The van der Waals surface area contributed by atoms with Crippen molar-refractivity contribution in [2.24, 2.45) is 0 Å². The van der Waals surface area contributed by atoms with Gasteiger partial charge in [-0.2, -0.15) is 0 Å². The maximum absolute atomic E-state index is 11.3. The number of ether oxygens (including phenoxy) is 1. The largest absolute Gasteiger partial charge is 0.483 e. The summed E-state index contributed by atoms with van der Waals surface area (Å²) in [7, 11) is 0. The van der Waals surface area contributed by atoms with E-state index in [1.54, 1.807) is 11.0 Å². The molecule has 1 amide bonds. The zero-order valence-electron chi connectivity index (χ0n) is 11.8. The summed E-state index contributed by atoms with van der Waals surface area (Å²) in [5.41, 5.74) is 1.92. The number of hydrogen-bond acceptors (Lipinski definition) is 3. The number of rotatable bonds is 3. The molecule has 0 bridgehead atoms. The number of carboxylic acid groups (broad SMARTS) is 1. The van der Waals surface area contributed by atoms with Crippen LogP contribution >= 0.6 is 0 Å². The van der Waals surface area contributed by atoms with Crippen molar-refractivity contribution in [3.63, 3.8) is 0 Å². The van der Waals surface area contributed by atoms with Gasteiger partial charge in [-0.05, 0) is 17.7 Å². The lowest BCUT2D eigenvalue weighted by atomic mass is 10.1. The Morgan fingerprint density at radius 1 is 1.23 bits per heavy atom. The molecular weight excluding hydrogens is 282 g/mol. The quantitative estimate of drug-likeness (QED) is 0.884. The van der Waals surface area contributed by atoms with Gasteiger partial charge in [0.1, 0.15) is 11.9 Å². The van der Waals surface area contributed by atoms with Crippen LogP contribution in [0.15, 0.2) is 48.5 Å². The number of nitrogens with zero attached hydrogens (tertiary/aromatic N) is 1. The Kier molecular flexibility index (Phi) is 3.78. The molecule has 0 saturated heterocycles. The van der Waals surface area contributed by atoms with Crippen molar-refractivity contribution in [1.29, 1.82) is 0 Å². The molecule has 0 radical (unpaired) electrons. The van der Waals surface area contributed by atoms with E-state index in [1.165, 1.54) is 12.1 Å². The fourth-order valence-electron chi connectivity index (χ4n) is 2.54. The molecule has 3 rings (SSSR count). The maximum atomic E-state index is 11.3. The second-order valence-corrected chi connectivity index (χ2v) is 5.18. The van der Waals surface area contributed by atoms with Crippen LogP contribution in [0.1, 0.15) is 27.6 Å². The van der Waals surface area contributed by atoms with E-state index < -0.39 is 5.97 Å². The summed E-state index contributed by atoms with van der Waals surface area (Å²) in [6.07, 6.45) is 0.469. The highest BCUT2D eigenvalue weighted by molar-refractivity contribution is 5.88. The molecule has 1 aliphatic rings. The standard InChI is InChI=1S/C17H15NO4/c19-11-18-9-14-7-6-13(17(20)21)8-15(14)22-16(10-18)12-4-2-1-3-5-12/h1-8,11,16H,9-10H2,(H,20,21)/t16-/m0/s1. The van der Waals surface area contributed by atoms with E-state index in [1.807, 2.05) is 30.3 Å². The number of carbonyl (C=O) groups excluding carboxylic acids is 1. The van der Waals surface area contributed by atoms with Crippen LogP contribution in [0.4, 0.5) is 0 Å². The minimum atomic E-state index is -1.00. The fraction of sp³-hybridized carbons (Fsp3) is 0.176. The first-order chi connectivity index (χ1) is 10.7. The van der Waals surface area contributed by atoms with E-state index in [0.29, 0.717) is 18.8 Å². The van der Waals surface area contributed by atoms with E-state index in [0.717, 1.165) is 17.5 Å². The Bertz CT molecular complexity index is 699. The molecule has 2 aromatic carbocycles. The third kappa shape index (κ3) is 2.79. The van der Waals surface area contributed by atoms with Gasteiger partial charge in [-0.15, -0.1) is 0 Å². The summed E-state index contributed by atoms with van der Waals surface area (Å²) in [5.74, 6) is -0.489. The van der Waals surface area contributed by atoms with E-state index in [9.17, 15) is 9.59 Å². The molecule has 1 atom stereocenters. The average Bonchev–Trinajstić information content (AvgIpc) is 2.74. The number of carboxylic acids is 1. The van der Waals surface area contributed by atoms with E-state index >= 15 is 0 Å². The van der Waals surface area contributed by atoms with Crippen molar-refractivity contribution < 1.29 is 19.4 Å². The van der Waals surface area contributed by atoms with Gasteiger partial charge in [0, 0.05) is 12.1 Å². The molecule has 1 heterocycles. The van der Waals surface area contributed by atoms with Crippen molar-refractivity contribution in [2.45, 2.75) is 12.6 Å². The monoisotopic (exact) mass is 297 g/mol. The fourth-order valence-corrected chi connectivity index (χ4v) is 2.54. The Hall–Kier alpha value is -2.82. The molecule has 2 aromatic rings. The molecule has 0 fully saturated rings. The van der Waals surface area contributed by atoms with Gasteiger partial charge in [-0.1, -0.05) is 36.4 Å². The van der Waals surface area contributed by atoms with Gasteiger partial charge < -0.3 is 14.7 Å². The molecular formula is C17H15NO4. The molecule has 0 unspecified atom stereocenters. The molecule has 112 valence electrons. The van der Waals surface area contributed by atoms with Gasteiger partial charge in [-0.25, -0.2) is 4.79 Å². The van der Waals surface area contributed by atoms with Gasteiger partial charge in [0.05, 0.1) is 12.1 Å².